The second-order valence-corrected chi connectivity index (χ2v) is 13.6. The summed E-state index contributed by atoms with van der Waals surface area (Å²) in [6.45, 7) is 0. The van der Waals surface area contributed by atoms with E-state index in [0.717, 1.165) is 17.1 Å². The van der Waals surface area contributed by atoms with Crippen LogP contribution in [0.4, 0.5) is 17.1 Å². The standard InChI is InChI=1S/C46H30N2S/c1-3-15-31(16-4-1)34-19-9-12-24-40(34)48(43-30-45-46(38-22-8-7-21-36(38)43)39-23-11-14-26-44(39)49-45)33-27-28-37-35-20-10-13-25-41(35)47(42(37)29-33)32-17-5-2-6-18-32/h1-30H. The lowest BCUT2D eigenvalue weighted by Crippen LogP contribution is -2.12. The Labute approximate surface area is 288 Å². The Kier molecular flexibility index (Phi) is 6.39. The number of anilines is 3. The molecular weight excluding hydrogens is 613 g/mol. The van der Waals surface area contributed by atoms with Gasteiger partial charge < -0.3 is 9.47 Å². The van der Waals surface area contributed by atoms with Gasteiger partial charge in [-0.25, -0.2) is 0 Å². The van der Waals surface area contributed by atoms with Crippen molar-refractivity contribution in [2.75, 3.05) is 4.90 Å². The zero-order chi connectivity index (χ0) is 32.3. The van der Waals surface area contributed by atoms with E-state index in [1.165, 1.54) is 69.6 Å². The minimum absolute atomic E-state index is 1.11. The number of aromatic nitrogens is 1. The van der Waals surface area contributed by atoms with Gasteiger partial charge in [0.05, 0.1) is 22.4 Å². The van der Waals surface area contributed by atoms with E-state index in [4.69, 9.17) is 0 Å². The average Bonchev–Trinajstić information content (AvgIpc) is 3.71. The molecule has 0 N–H and O–H groups in total. The molecule has 3 heteroatoms. The molecule has 49 heavy (non-hydrogen) atoms. The third kappa shape index (κ3) is 4.40. The Morgan fingerprint density at radius 2 is 1.04 bits per heavy atom. The lowest BCUT2D eigenvalue weighted by atomic mass is 9.98. The van der Waals surface area contributed by atoms with Gasteiger partial charge in [-0.1, -0.05) is 133 Å². The summed E-state index contributed by atoms with van der Waals surface area (Å²) in [6, 6.07) is 66.2. The fraction of sp³-hybridized carbons (Fsp3) is 0. The Bertz CT molecular complexity index is 2830. The first-order chi connectivity index (χ1) is 24.3. The molecule has 0 aliphatic heterocycles. The highest BCUT2D eigenvalue weighted by Gasteiger charge is 2.23. The van der Waals surface area contributed by atoms with Gasteiger partial charge in [0.25, 0.3) is 0 Å². The summed E-state index contributed by atoms with van der Waals surface area (Å²) in [7, 11) is 0. The van der Waals surface area contributed by atoms with Gasteiger partial charge in [0.15, 0.2) is 0 Å². The summed E-state index contributed by atoms with van der Waals surface area (Å²) in [5, 5.41) is 7.64. The van der Waals surface area contributed by atoms with Crippen LogP contribution >= 0.6 is 11.3 Å². The van der Waals surface area contributed by atoms with Gasteiger partial charge in [0.2, 0.25) is 0 Å². The Morgan fingerprint density at radius 1 is 0.408 bits per heavy atom. The number of para-hydroxylation sites is 3. The molecule has 0 radical (unpaired) electrons. The maximum atomic E-state index is 2.49. The molecule has 0 atom stereocenters. The molecule has 230 valence electrons. The SMILES string of the molecule is c1ccc(-c2ccccc2N(c2ccc3c4ccccc4n(-c4ccccc4)c3c2)c2cc3sc4ccccc4c3c3ccccc23)cc1. The van der Waals surface area contributed by atoms with Crippen molar-refractivity contribution in [3.63, 3.8) is 0 Å². The van der Waals surface area contributed by atoms with E-state index in [-0.39, 0.29) is 0 Å². The maximum absolute atomic E-state index is 2.49. The molecule has 2 aromatic heterocycles. The molecule has 0 aliphatic rings. The predicted molar refractivity (Wildman–Crippen MR) is 211 cm³/mol. The van der Waals surface area contributed by atoms with E-state index < -0.39 is 0 Å². The molecule has 8 aromatic carbocycles. The highest BCUT2D eigenvalue weighted by Crippen LogP contribution is 2.49. The molecular formula is C46H30N2S. The van der Waals surface area contributed by atoms with Crippen LogP contribution < -0.4 is 4.90 Å². The third-order valence-electron chi connectivity index (χ3n) is 9.76. The molecule has 10 aromatic rings. The number of hydrogen-bond donors (Lipinski definition) is 0. The molecule has 0 spiro atoms. The summed E-state index contributed by atoms with van der Waals surface area (Å²) in [6.07, 6.45) is 0. The molecule has 10 rings (SSSR count). The van der Waals surface area contributed by atoms with Crippen LogP contribution in [0.3, 0.4) is 0 Å². The minimum atomic E-state index is 1.11. The highest BCUT2D eigenvalue weighted by molar-refractivity contribution is 7.26. The van der Waals surface area contributed by atoms with Crippen LogP contribution in [0.1, 0.15) is 0 Å². The van der Waals surface area contributed by atoms with Crippen molar-refractivity contribution in [2.45, 2.75) is 0 Å². The molecule has 0 bridgehead atoms. The second-order valence-electron chi connectivity index (χ2n) is 12.5. The van der Waals surface area contributed by atoms with E-state index in [9.17, 15) is 0 Å². The first kappa shape index (κ1) is 27.9. The quantitative estimate of drug-likeness (QED) is 0.181. The number of hydrogen-bond acceptors (Lipinski definition) is 2. The maximum Gasteiger partial charge on any atom is 0.0561 e. The van der Waals surface area contributed by atoms with Crippen LogP contribution in [0.5, 0.6) is 0 Å². The number of rotatable bonds is 5. The van der Waals surface area contributed by atoms with E-state index in [1.807, 2.05) is 11.3 Å². The zero-order valence-corrected chi connectivity index (χ0v) is 27.4. The largest absolute Gasteiger partial charge is 0.309 e. The molecule has 0 unspecified atom stereocenters. The monoisotopic (exact) mass is 642 g/mol. The van der Waals surface area contributed by atoms with E-state index in [0.29, 0.717) is 0 Å². The van der Waals surface area contributed by atoms with Crippen LogP contribution in [0.25, 0.3) is 69.6 Å². The summed E-state index contributed by atoms with van der Waals surface area (Å²) in [5.41, 5.74) is 9.33. The van der Waals surface area contributed by atoms with Crippen LogP contribution in [0.2, 0.25) is 0 Å². The number of benzene rings is 8. The normalized spacial score (nSPS) is 11.7. The van der Waals surface area contributed by atoms with Gasteiger partial charge >= 0.3 is 0 Å². The van der Waals surface area contributed by atoms with Gasteiger partial charge in [-0.15, -0.1) is 11.3 Å². The van der Waals surface area contributed by atoms with Crippen molar-refractivity contribution >= 4 is 81.1 Å². The van der Waals surface area contributed by atoms with Crippen LogP contribution in [0, 0.1) is 0 Å². The molecule has 2 nitrogen and oxygen atoms in total. The summed E-state index contributed by atoms with van der Waals surface area (Å²) < 4.78 is 5.00. The highest BCUT2D eigenvalue weighted by atomic mass is 32.1. The van der Waals surface area contributed by atoms with Gasteiger partial charge in [-0.2, -0.15) is 0 Å². The van der Waals surface area contributed by atoms with Crippen LogP contribution in [0.15, 0.2) is 182 Å². The topological polar surface area (TPSA) is 8.17 Å². The predicted octanol–water partition coefficient (Wildman–Crippen LogP) is 13.4. The van der Waals surface area contributed by atoms with E-state index in [1.54, 1.807) is 0 Å². The first-order valence-corrected chi connectivity index (χ1v) is 17.5. The lowest BCUT2D eigenvalue weighted by Gasteiger charge is -2.29. The van der Waals surface area contributed by atoms with Gasteiger partial charge in [0.1, 0.15) is 0 Å². The van der Waals surface area contributed by atoms with Crippen molar-refractivity contribution in [1.82, 2.24) is 4.57 Å². The van der Waals surface area contributed by atoms with Gasteiger partial charge in [-0.3, -0.25) is 0 Å². The molecule has 0 saturated carbocycles. The van der Waals surface area contributed by atoms with Crippen molar-refractivity contribution < 1.29 is 0 Å². The number of thiophene rings is 1. The fourth-order valence-corrected chi connectivity index (χ4v) is 8.80. The number of fused-ring (bicyclic) bond motifs is 8. The lowest BCUT2D eigenvalue weighted by molar-refractivity contribution is 1.18. The van der Waals surface area contributed by atoms with Crippen LogP contribution in [-0.4, -0.2) is 4.57 Å². The fourth-order valence-electron chi connectivity index (χ4n) is 7.65. The summed E-state index contributed by atoms with van der Waals surface area (Å²) in [4.78, 5) is 2.49. The van der Waals surface area contributed by atoms with Crippen LogP contribution in [-0.2, 0) is 0 Å². The van der Waals surface area contributed by atoms with Crippen molar-refractivity contribution in [1.29, 1.82) is 0 Å². The van der Waals surface area contributed by atoms with E-state index in [2.05, 4.69) is 191 Å². The van der Waals surface area contributed by atoms with Gasteiger partial charge in [-0.05, 0) is 59.5 Å². The van der Waals surface area contributed by atoms with Crippen molar-refractivity contribution in [3.8, 4) is 16.8 Å². The molecule has 2 heterocycles. The van der Waals surface area contributed by atoms with Crippen molar-refractivity contribution in [3.05, 3.63) is 182 Å². The van der Waals surface area contributed by atoms with Crippen molar-refractivity contribution in [2.24, 2.45) is 0 Å². The Hall–Kier alpha value is -6.16. The molecule has 0 aliphatic carbocycles. The van der Waals surface area contributed by atoms with Gasteiger partial charge in [0, 0.05) is 53.3 Å². The van der Waals surface area contributed by atoms with E-state index >= 15 is 0 Å². The first-order valence-electron chi connectivity index (χ1n) is 16.7. The Balaban J connectivity index is 1.33. The second kappa shape index (κ2) is 11.2. The molecule has 0 saturated heterocycles. The average molecular weight is 643 g/mol. The summed E-state index contributed by atoms with van der Waals surface area (Å²) in [5.74, 6) is 0. The number of nitrogens with zero attached hydrogens (tertiary/aromatic N) is 2. The smallest absolute Gasteiger partial charge is 0.0561 e. The summed E-state index contributed by atoms with van der Waals surface area (Å²) >= 11 is 1.87. The zero-order valence-electron chi connectivity index (χ0n) is 26.6. The molecule has 0 amide bonds. The molecule has 0 fully saturated rings. The third-order valence-corrected chi connectivity index (χ3v) is 10.9. The Morgan fingerprint density at radius 3 is 1.88 bits per heavy atom. The minimum Gasteiger partial charge on any atom is -0.309 e.